The summed E-state index contributed by atoms with van der Waals surface area (Å²) in [6, 6.07) is 0.347. The quantitative estimate of drug-likeness (QED) is 0.789. The highest BCUT2D eigenvalue weighted by Gasteiger charge is 2.63. The van der Waals surface area contributed by atoms with Crippen molar-refractivity contribution < 1.29 is 9.53 Å². The fraction of sp³-hybridized carbons (Fsp3) is 0.765. The number of halogens is 2. The summed E-state index contributed by atoms with van der Waals surface area (Å²) in [6.45, 7) is 8.19. The van der Waals surface area contributed by atoms with Crippen molar-refractivity contribution in [2.75, 3.05) is 19.7 Å². The molecule has 2 fully saturated rings. The van der Waals surface area contributed by atoms with Crippen molar-refractivity contribution in [3.63, 3.8) is 0 Å². The molecule has 0 aromatic carbocycles. The Hall–Kier alpha value is -0.630. The lowest BCUT2D eigenvalue weighted by Crippen LogP contribution is -2.76. The second kappa shape index (κ2) is 7.55. The summed E-state index contributed by atoms with van der Waals surface area (Å²) in [7, 11) is 0. The van der Waals surface area contributed by atoms with Crippen molar-refractivity contribution in [3.05, 3.63) is 16.9 Å². The molecule has 1 aliphatic heterocycles. The average molecular weight is 436 g/mol. The summed E-state index contributed by atoms with van der Waals surface area (Å²) in [5.74, 6) is 0.0727. The molecular weight excluding hydrogens is 408 g/mol. The number of likely N-dealkylation sites (tertiary alicyclic amines) is 1. The molecule has 2 N–H and O–H groups in total. The molecule has 1 aliphatic carbocycles. The van der Waals surface area contributed by atoms with Gasteiger partial charge in [-0.1, -0.05) is 13.8 Å². The van der Waals surface area contributed by atoms with Crippen LogP contribution in [0.25, 0.3) is 0 Å². The van der Waals surface area contributed by atoms with E-state index in [0.717, 1.165) is 30.4 Å². The van der Waals surface area contributed by atoms with Gasteiger partial charge in [-0.25, -0.2) is 0 Å². The fourth-order valence-electron chi connectivity index (χ4n) is 3.93. The summed E-state index contributed by atoms with van der Waals surface area (Å²) < 4.78 is 8.71. The number of aromatic nitrogens is 2. The zero-order valence-electron chi connectivity index (χ0n) is 15.1. The molecule has 0 radical (unpaired) electrons. The molecule has 6 nitrogen and oxygen atoms in total. The van der Waals surface area contributed by atoms with Crippen LogP contribution in [0.15, 0.2) is 16.9 Å². The largest absolute Gasteiger partial charge is 0.378 e. The van der Waals surface area contributed by atoms with Gasteiger partial charge in [0.2, 0.25) is 5.91 Å². The lowest BCUT2D eigenvalue weighted by molar-refractivity contribution is -0.180. The minimum Gasteiger partial charge on any atom is -0.378 e. The number of rotatable bonds is 4. The van der Waals surface area contributed by atoms with E-state index in [4.69, 9.17) is 10.5 Å². The number of nitrogens with two attached hydrogens (primary N) is 1. The molecule has 2 heterocycles. The molecule has 1 amide bonds. The van der Waals surface area contributed by atoms with Gasteiger partial charge in [0.05, 0.1) is 22.8 Å². The van der Waals surface area contributed by atoms with Gasteiger partial charge in [0, 0.05) is 37.7 Å². The Labute approximate surface area is 164 Å². The summed E-state index contributed by atoms with van der Waals surface area (Å²) in [5, 5.41) is 4.36. The number of ether oxygens (including phenoxy) is 1. The first-order valence-corrected chi connectivity index (χ1v) is 9.48. The SMILES string of the molecule is CCOC1CC(N)(C(=O)N2CCC(n3cc(Br)cn3)CC2)C1(C)C.Cl. The minimum absolute atomic E-state index is 0. The standard InChI is InChI=1S/C17H27BrN4O2.ClH/c1-4-24-14-9-17(19,16(14,2)3)15(23)21-7-5-13(6-8-21)22-11-12(18)10-20-22;/h10-11,13-14H,4-9,19H2,1-3H3;1H. The molecule has 1 aromatic rings. The van der Waals surface area contributed by atoms with Crippen LogP contribution in [-0.2, 0) is 9.53 Å². The Morgan fingerprint density at radius 2 is 2.08 bits per heavy atom. The van der Waals surface area contributed by atoms with Crippen LogP contribution in [0.5, 0.6) is 0 Å². The van der Waals surface area contributed by atoms with Crippen LogP contribution in [0, 0.1) is 5.41 Å². The molecule has 0 spiro atoms. The van der Waals surface area contributed by atoms with Crippen LogP contribution < -0.4 is 5.73 Å². The van der Waals surface area contributed by atoms with Crippen molar-refractivity contribution in [1.29, 1.82) is 0 Å². The monoisotopic (exact) mass is 434 g/mol. The Balaban J connectivity index is 0.00000225. The number of amides is 1. The van der Waals surface area contributed by atoms with Crippen LogP contribution in [0.1, 0.15) is 46.1 Å². The number of hydrogen-bond acceptors (Lipinski definition) is 4. The average Bonchev–Trinajstić information content (AvgIpc) is 3.00. The number of carbonyl (C=O) groups excluding carboxylic acids is 1. The molecule has 25 heavy (non-hydrogen) atoms. The zero-order valence-corrected chi connectivity index (χ0v) is 17.5. The van der Waals surface area contributed by atoms with Gasteiger partial charge in [0.1, 0.15) is 5.54 Å². The molecule has 1 saturated heterocycles. The van der Waals surface area contributed by atoms with Crippen molar-refractivity contribution in [1.82, 2.24) is 14.7 Å². The second-order valence-corrected chi connectivity index (χ2v) is 8.42. The minimum atomic E-state index is -0.811. The lowest BCUT2D eigenvalue weighted by Gasteiger charge is -2.59. The first-order chi connectivity index (χ1) is 11.3. The topological polar surface area (TPSA) is 73.4 Å². The zero-order chi connectivity index (χ0) is 17.5. The Morgan fingerprint density at radius 1 is 1.44 bits per heavy atom. The third-order valence-electron chi connectivity index (χ3n) is 5.91. The summed E-state index contributed by atoms with van der Waals surface area (Å²) >= 11 is 3.43. The van der Waals surface area contributed by atoms with E-state index in [0.29, 0.717) is 19.1 Å². The van der Waals surface area contributed by atoms with Crippen LogP contribution in [-0.4, -0.2) is 51.9 Å². The van der Waals surface area contributed by atoms with E-state index in [9.17, 15) is 4.79 Å². The molecular formula is C17H28BrClN4O2. The van der Waals surface area contributed by atoms with E-state index in [2.05, 4.69) is 21.0 Å². The highest BCUT2D eigenvalue weighted by atomic mass is 79.9. The molecule has 3 rings (SSSR count). The van der Waals surface area contributed by atoms with E-state index < -0.39 is 5.54 Å². The van der Waals surface area contributed by atoms with Gasteiger partial charge in [0.25, 0.3) is 0 Å². The van der Waals surface area contributed by atoms with Crippen LogP contribution in [0.4, 0.5) is 0 Å². The number of carbonyl (C=O) groups is 1. The van der Waals surface area contributed by atoms with Gasteiger partial charge in [-0.2, -0.15) is 5.10 Å². The maximum atomic E-state index is 13.0. The van der Waals surface area contributed by atoms with E-state index in [-0.39, 0.29) is 29.8 Å². The molecule has 142 valence electrons. The first kappa shape index (κ1) is 20.7. The summed E-state index contributed by atoms with van der Waals surface area (Å²) in [6.07, 6.45) is 6.29. The third-order valence-corrected chi connectivity index (χ3v) is 6.32. The summed E-state index contributed by atoms with van der Waals surface area (Å²) in [5.41, 5.74) is 5.39. The Morgan fingerprint density at radius 3 is 2.56 bits per heavy atom. The lowest BCUT2D eigenvalue weighted by atomic mass is 9.54. The van der Waals surface area contributed by atoms with E-state index in [1.54, 1.807) is 6.20 Å². The first-order valence-electron chi connectivity index (χ1n) is 8.69. The van der Waals surface area contributed by atoms with Gasteiger partial charge in [-0.3, -0.25) is 9.48 Å². The van der Waals surface area contributed by atoms with Crippen molar-refractivity contribution in [2.45, 2.75) is 57.7 Å². The van der Waals surface area contributed by atoms with Crippen molar-refractivity contribution >= 4 is 34.2 Å². The van der Waals surface area contributed by atoms with E-state index in [1.165, 1.54) is 0 Å². The molecule has 2 aliphatic rings. The number of hydrogen-bond donors (Lipinski definition) is 1. The highest BCUT2D eigenvalue weighted by Crippen LogP contribution is 2.50. The van der Waals surface area contributed by atoms with Crippen LogP contribution >= 0.6 is 28.3 Å². The highest BCUT2D eigenvalue weighted by molar-refractivity contribution is 9.10. The van der Waals surface area contributed by atoms with E-state index in [1.807, 2.05) is 36.5 Å². The normalized spacial score (nSPS) is 29.0. The molecule has 2 atom stereocenters. The van der Waals surface area contributed by atoms with Gasteiger partial charge >= 0.3 is 0 Å². The maximum absolute atomic E-state index is 13.0. The summed E-state index contributed by atoms with van der Waals surface area (Å²) in [4.78, 5) is 15.0. The fourth-order valence-corrected chi connectivity index (χ4v) is 4.23. The maximum Gasteiger partial charge on any atom is 0.243 e. The Bertz CT molecular complexity index is 616. The number of piperidine rings is 1. The van der Waals surface area contributed by atoms with Crippen LogP contribution in [0.3, 0.4) is 0 Å². The van der Waals surface area contributed by atoms with Gasteiger partial charge in [-0.05, 0) is 35.7 Å². The van der Waals surface area contributed by atoms with Crippen molar-refractivity contribution in [3.8, 4) is 0 Å². The molecule has 2 unspecified atom stereocenters. The van der Waals surface area contributed by atoms with E-state index >= 15 is 0 Å². The van der Waals surface area contributed by atoms with Gasteiger partial charge < -0.3 is 15.4 Å². The third kappa shape index (κ3) is 3.48. The predicted octanol–water partition coefficient (Wildman–Crippen LogP) is 2.76. The predicted molar refractivity (Wildman–Crippen MR) is 103 cm³/mol. The van der Waals surface area contributed by atoms with Crippen LogP contribution in [0.2, 0.25) is 0 Å². The molecule has 8 heteroatoms. The van der Waals surface area contributed by atoms with Crippen molar-refractivity contribution in [2.24, 2.45) is 11.1 Å². The van der Waals surface area contributed by atoms with Gasteiger partial charge in [-0.15, -0.1) is 12.4 Å². The molecule has 1 aromatic heterocycles. The second-order valence-electron chi connectivity index (χ2n) is 7.50. The molecule has 0 bridgehead atoms. The van der Waals surface area contributed by atoms with Gasteiger partial charge in [0.15, 0.2) is 0 Å². The smallest absolute Gasteiger partial charge is 0.243 e. The molecule has 1 saturated carbocycles. The number of nitrogens with zero attached hydrogens (tertiary/aromatic N) is 3. The Kier molecular flexibility index (Phi) is 6.24.